The van der Waals surface area contributed by atoms with Crippen LogP contribution in [0, 0.1) is 0 Å². The van der Waals surface area contributed by atoms with Crippen molar-refractivity contribution in [1.82, 2.24) is 0 Å². The third kappa shape index (κ3) is 1.46. The minimum absolute atomic E-state index is 0.0377. The average molecular weight is 220 g/mol. The predicted molar refractivity (Wildman–Crippen MR) is 56.7 cm³/mol. The van der Waals surface area contributed by atoms with Crippen molar-refractivity contribution in [3.63, 3.8) is 0 Å². The lowest BCUT2D eigenvalue weighted by atomic mass is 10.0. The molecule has 0 bridgehead atoms. The van der Waals surface area contributed by atoms with E-state index in [-0.39, 0.29) is 12.2 Å². The molecule has 0 aromatic heterocycles. The van der Waals surface area contributed by atoms with E-state index < -0.39 is 11.9 Å². The molecule has 0 heterocycles. The number of benzene rings is 1. The standard InChI is InChI=1S/C12H12O4/c1-15-10-5-3-4-7-9(13)6-8(11(7)10)12(14)16-2/h3-5,8H,6H2,1-2H3/t8-/m1/s1. The number of ether oxygens (including phenoxy) is 2. The average Bonchev–Trinajstić information content (AvgIpc) is 2.66. The van der Waals surface area contributed by atoms with Gasteiger partial charge in [0.1, 0.15) is 5.75 Å². The highest BCUT2D eigenvalue weighted by Gasteiger charge is 2.37. The normalized spacial score (nSPS) is 18.1. The van der Waals surface area contributed by atoms with Gasteiger partial charge in [-0.25, -0.2) is 0 Å². The summed E-state index contributed by atoms with van der Waals surface area (Å²) in [5, 5.41) is 0. The van der Waals surface area contributed by atoms with E-state index >= 15 is 0 Å². The quantitative estimate of drug-likeness (QED) is 0.709. The van der Waals surface area contributed by atoms with E-state index in [9.17, 15) is 9.59 Å². The minimum Gasteiger partial charge on any atom is -0.496 e. The Hall–Kier alpha value is -1.84. The molecule has 84 valence electrons. The van der Waals surface area contributed by atoms with E-state index in [2.05, 4.69) is 0 Å². The fourth-order valence-corrected chi connectivity index (χ4v) is 2.07. The molecule has 0 spiro atoms. The second kappa shape index (κ2) is 3.96. The van der Waals surface area contributed by atoms with Crippen LogP contribution >= 0.6 is 0 Å². The van der Waals surface area contributed by atoms with E-state index in [1.54, 1.807) is 18.2 Å². The summed E-state index contributed by atoms with van der Waals surface area (Å²) in [5.41, 5.74) is 1.22. The van der Waals surface area contributed by atoms with Gasteiger partial charge < -0.3 is 9.47 Å². The predicted octanol–water partition coefficient (Wildman–Crippen LogP) is 1.54. The summed E-state index contributed by atoms with van der Waals surface area (Å²) in [6.45, 7) is 0. The number of ketones is 1. The lowest BCUT2D eigenvalue weighted by Gasteiger charge is -2.11. The molecule has 0 N–H and O–H groups in total. The Morgan fingerprint density at radius 2 is 2.12 bits per heavy atom. The van der Waals surface area contributed by atoms with Crippen LogP contribution in [0.1, 0.15) is 28.3 Å². The summed E-state index contributed by atoms with van der Waals surface area (Å²) in [5.74, 6) is -0.386. The van der Waals surface area contributed by atoms with Crippen LogP contribution in [0.3, 0.4) is 0 Å². The van der Waals surface area contributed by atoms with Crippen LogP contribution in [0.2, 0.25) is 0 Å². The molecule has 1 aromatic carbocycles. The summed E-state index contributed by atoms with van der Waals surface area (Å²) < 4.78 is 9.86. The van der Waals surface area contributed by atoms with Gasteiger partial charge in [-0.15, -0.1) is 0 Å². The van der Waals surface area contributed by atoms with Gasteiger partial charge in [0.25, 0.3) is 0 Å². The maximum atomic E-state index is 11.7. The molecule has 0 saturated carbocycles. The molecular weight excluding hydrogens is 208 g/mol. The SMILES string of the molecule is COC(=O)[C@@H]1CC(=O)c2cccc(OC)c21. The third-order valence-electron chi connectivity index (χ3n) is 2.81. The smallest absolute Gasteiger partial charge is 0.313 e. The van der Waals surface area contributed by atoms with Crippen LogP contribution < -0.4 is 4.74 Å². The van der Waals surface area contributed by atoms with Crippen molar-refractivity contribution >= 4 is 11.8 Å². The maximum Gasteiger partial charge on any atom is 0.313 e. The summed E-state index contributed by atoms with van der Waals surface area (Å²) in [6, 6.07) is 5.20. The highest BCUT2D eigenvalue weighted by Crippen LogP contribution is 2.39. The Kier molecular flexibility index (Phi) is 2.64. The number of Topliss-reactive ketones (excluding diaryl/α,β-unsaturated/α-hetero) is 1. The van der Waals surface area contributed by atoms with Crippen LogP contribution in [0.25, 0.3) is 0 Å². The first-order chi connectivity index (χ1) is 7.69. The van der Waals surface area contributed by atoms with Gasteiger partial charge in [-0.2, -0.15) is 0 Å². The molecule has 4 nitrogen and oxygen atoms in total. The molecule has 0 fully saturated rings. The molecule has 0 radical (unpaired) electrons. The summed E-state index contributed by atoms with van der Waals surface area (Å²) >= 11 is 0. The zero-order chi connectivity index (χ0) is 11.7. The second-order valence-electron chi connectivity index (χ2n) is 3.62. The Balaban J connectivity index is 2.54. The highest BCUT2D eigenvalue weighted by atomic mass is 16.5. The van der Waals surface area contributed by atoms with E-state index in [0.717, 1.165) is 0 Å². The molecular formula is C12H12O4. The molecule has 1 atom stereocenters. The Labute approximate surface area is 93.2 Å². The van der Waals surface area contributed by atoms with E-state index in [4.69, 9.17) is 9.47 Å². The van der Waals surface area contributed by atoms with Gasteiger partial charge in [0.15, 0.2) is 5.78 Å². The summed E-state index contributed by atoms with van der Waals surface area (Å²) in [4.78, 5) is 23.3. The molecule has 0 saturated heterocycles. The lowest BCUT2D eigenvalue weighted by Crippen LogP contribution is -2.12. The molecule has 4 heteroatoms. The maximum absolute atomic E-state index is 11.7. The Morgan fingerprint density at radius 3 is 2.75 bits per heavy atom. The number of carbonyl (C=O) groups is 2. The first-order valence-corrected chi connectivity index (χ1v) is 4.97. The zero-order valence-corrected chi connectivity index (χ0v) is 9.15. The number of hydrogen-bond donors (Lipinski definition) is 0. The number of esters is 1. The van der Waals surface area contributed by atoms with Gasteiger partial charge in [-0.3, -0.25) is 9.59 Å². The number of methoxy groups -OCH3 is 2. The first-order valence-electron chi connectivity index (χ1n) is 4.97. The van der Waals surface area contributed by atoms with Gasteiger partial charge in [-0.05, 0) is 6.07 Å². The van der Waals surface area contributed by atoms with Gasteiger partial charge in [0, 0.05) is 17.5 Å². The van der Waals surface area contributed by atoms with Gasteiger partial charge in [-0.1, -0.05) is 12.1 Å². The largest absolute Gasteiger partial charge is 0.496 e. The van der Waals surface area contributed by atoms with Crippen molar-refractivity contribution in [3.8, 4) is 5.75 Å². The van der Waals surface area contributed by atoms with Crippen molar-refractivity contribution in [2.75, 3.05) is 14.2 Å². The van der Waals surface area contributed by atoms with E-state index in [1.807, 2.05) is 0 Å². The molecule has 2 rings (SSSR count). The Bertz CT molecular complexity index is 450. The lowest BCUT2D eigenvalue weighted by molar-refractivity contribution is -0.142. The first kappa shape index (κ1) is 10.7. The summed E-state index contributed by atoms with van der Waals surface area (Å²) in [7, 11) is 2.84. The molecule has 0 unspecified atom stereocenters. The monoisotopic (exact) mass is 220 g/mol. The van der Waals surface area contributed by atoms with Crippen LogP contribution in [0.15, 0.2) is 18.2 Å². The zero-order valence-electron chi connectivity index (χ0n) is 9.15. The molecule has 0 amide bonds. The highest BCUT2D eigenvalue weighted by molar-refractivity contribution is 6.06. The molecule has 1 aliphatic carbocycles. The third-order valence-corrected chi connectivity index (χ3v) is 2.81. The van der Waals surface area contributed by atoms with Crippen molar-refractivity contribution < 1.29 is 19.1 Å². The fourth-order valence-electron chi connectivity index (χ4n) is 2.07. The molecule has 16 heavy (non-hydrogen) atoms. The van der Waals surface area contributed by atoms with E-state index in [1.165, 1.54) is 14.2 Å². The molecule has 0 aliphatic heterocycles. The molecule has 1 aromatic rings. The number of rotatable bonds is 2. The van der Waals surface area contributed by atoms with Gasteiger partial charge in [0.05, 0.1) is 20.1 Å². The molecule has 1 aliphatic rings. The number of carbonyl (C=O) groups excluding carboxylic acids is 2. The van der Waals surface area contributed by atoms with Gasteiger partial charge in [0.2, 0.25) is 0 Å². The second-order valence-corrected chi connectivity index (χ2v) is 3.62. The minimum atomic E-state index is -0.524. The number of hydrogen-bond acceptors (Lipinski definition) is 4. The van der Waals surface area contributed by atoms with Crippen LogP contribution in [-0.2, 0) is 9.53 Å². The number of fused-ring (bicyclic) bond motifs is 1. The summed E-state index contributed by atoms with van der Waals surface area (Å²) in [6.07, 6.45) is 0.169. The Morgan fingerprint density at radius 1 is 1.38 bits per heavy atom. The van der Waals surface area contributed by atoms with Crippen molar-refractivity contribution in [2.24, 2.45) is 0 Å². The van der Waals surface area contributed by atoms with Crippen LogP contribution in [0.4, 0.5) is 0 Å². The van der Waals surface area contributed by atoms with Crippen LogP contribution in [0.5, 0.6) is 5.75 Å². The van der Waals surface area contributed by atoms with E-state index in [0.29, 0.717) is 16.9 Å². The fraction of sp³-hybridized carbons (Fsp3) is 0.333. The van der Waals surface area contributed by atoms with Crippen LogP contribution in [-0.4, -0.2) is 26.0 Å². The van der Waals surface area contributed by atoms with Crippen molar-refractivity contribution in [1.29, 1.82) is 0 Å². The van der Waals surface area contributed by atoms with Gasteiger partial charge >= 0.3 is 5.97 Å². The topological polar surface area (TPSA) is 52.6 Å². The van der Waals surface area contributed by atoms with Crippen molar-refractivity contribution in [2.45, 2.75) is 12.3 Å². The van der Waals surface area contributed by atoms with Crippen molar-refractivity contribution in [3.05, 3.63) is 29.3 Å².